The Morgan fingerprint density at radius 3 is 2.24 bits per heavy atom. The summed E-state index contributed by atoms with van der Waals surface area (Å²) in [6, 6.07) is 20.2. The molecule has 0 aliphatic rings. The zero-order valence-electron chi connectivity index (χ0n) is 20.9. The normalized spacial score (nSPS) is 11.4. The van der Waals surface area contributed by atoms with Crippen LogP contribution in [0.3, 0.4) is 0 Å². The molecule has 0 aliphatic carbocycles. The highest BCUT2D eigenvalue weighted by Crippen LogP contribution is 2.28. The van der Waals surface area contributed by atoms with Crippen LogP contribution in [0.15, 0.2) is 82.5 Å². The first-order valence-corrected chi connectivity index (χ1v) is 13.3. The monoisotopic (exact) mass is 538 g/mol. The Morgan fingerprint density at radius 1 is 0.973 bits per heavy atom. The zero-order valence-corrected chi connectivity index (χ0v) is 22.5. The van der Waals surface area contributed by atoms with E-state index in [9.17, 15) is 18.0 Å². The van der Waals surface area contributed by atoms with Crippen molar-refractivity contribution >= 4 is 38.9 Å². The molecule has 1 aromatic heterocycles. The molecule has 1 amide bonds. The van der Waals surface area contributed by atoms with E-state index in [1.54, 1.807) is 62.0 Å². The summed E-state index contributed by atoms with van der Waals surface area (Å²) >= 11 is 6.29. The van der Waals surface area contributed by atoms with E-state index in [1.807, 2.05) is 25.1 Å². The molecule has 0 fully saturated rings. The maximum Gasteiger partial charge on any atom is 0.295 e. The van der Waals surface area contributed by atoms with Gasteiger partial charge in [-0.2, -0.15) is 0 Å². The summed E-state index contributed by atoms with van der Waals surface area (Å²) in [6.45, 7) is 4.80. The van der Waals surface area contributed by atoms with Crippen LogP contribution in [0, 0.1) is 20.8 Å². The number of rotatable bonds is 7. The molecule has 192 valence electrons. The summed E-state index contributed by atoms with van der Waals surface area (Å²) in [6.07, 6.45) is 0. The van der Waals surface area contributed by atoms with Gasteiger partial charge in [0.2, 0.25) is 5.91 Å². The van der Waals surface area contributed by atoms with Crippen molar-refractivity contribution in [1.29, 1.82) is 0 Å². The SMILES string of the molecule is Cc1ccc(S(=O)(=O)N(CC(=O)Nc2c(C)n(C)n(-c3ccccc3)c2=O)c2ccc(C)c(Cl)c2)cc1. The average molecular weight is 539 g/mol. The number of benzene rings is 3. The molecule has 0 saturated carbocycles. The van der Waals surface area contributed by atoms with E-state index in [-0.39, 0.29) is 16.3 Å². The van der Waals surface area contributed by atoms with Crippen LogP contribution in [0.5, 0.6) is 0 Å². The quantitative estimate of drug-likeness (QED) is 0.372. The molecule has 1 heterocycles. The van der Waals surface area contributed by atoms with Crippen molar-refractivity contribution in [2.45, 2.75) is 25.7 Å². The van der Waals surface area contributed by atoms with E-state index in [4.69, 9.17) is 11.6 Å². The Labute approximate surface area is 220 Å². The largest absolute Gasteiger partial charge is 0.318 e. The Kier molecular flexibility index (Phi) is 7.29. The molecule has 4 rings (SSSR count). The summed E-state index contributed by atoms with van der Waals surface area (Å²) in [7, 11) is -2.42. The molecule has 0 aliphatic heterocycles. The fourth-order valence-electron chi connectivity index (χ4n) is 3.91. The number of aryl methyl sites for hydroxylation is 2. The zero-order chi connectivity index (χ0) is 26.9. The molecular weight excluding hydrogens is 512 g/mol. The van der Waals surface area contributed by atoms with Gasteiger partial charge in [0.1, 0.15) is 12.2 Å². The first kappa shape index (κ1) is 26.2. The minimum atomic E-state index is -4.13. The van der Waals surface area contributed by atoms with E-state index >= 15 is 0 Å². The number of amides is 1. The van der Waals surface area contributed by atoms with Gasteiger partial charge >= 0.3 is 0 Å². The number of sulfonamides is 1. The van der Waals surface area contributed by atoms with Gasteiger partial charge in [-0.25, -0.2) is 13.1 Å². The van der Waals surface area contributed by atoms with Crippen LogP contribution in [0.25, 0.3) is 5.69 Å². The highest BCUT2D eigenvalue weighted by atomic mass is 35.5. The number of nitrogens with one attached hydrogen (secondary N) is 1. The Hall–Kier alpha value is -3.82. The number of carbonyl (C=O) groups excluding carboxylic acids is 1. The lowest BCUT2D eigenvalue weighted by Crippen LogP contribution is -2.38. The molecule has 0 bridgehead atoms. The summed E-state index contributed by atoms with van der Waals surface area (Å²) in [5, 5.41) is 3.00. The lowest BCUT2D eigenvalue weighted by Gasteiger charge is -2.24. The minimum absolute atomic E-state index is 0.0323. The summed E-state index contributed by atoms with van der Waals surface area (Å²) in [5.74, 6) is -0.668. The topological polar surface area (TPSA) is 93.4 Å². The van der Waals surface area contributed by atoms with Crippen molar-refractivity contribution in [3.8, 4) is 5.69 Å². The van der Waals surface area contributed by atoms with Crippen molar-refractivity contribution in [1.82, 2.24) is 9.36 Å². The first-order valence-electron chi connectivity index (χ1n) is 11.5. The third-order valence-corrected chi connectivity index (χ3v) is 8.35. The van der Waals surface area contributed by atoms with Crippen molar-refractivity contribution in [2.75, 3.05) is 16.2 Å². The van der Waals surface area contributed by atoms with Gasteiger partial charge in [0.15, 0.2) is 0 Å². The number of nitrogens with zero attached hydrogens (tertiary/aromatic N) is 3. The molecule has 8 nitrogen and oxygen atoms in total. The van der Waals surface area contributed by atoms with Crippen molar-refractivity contribution < 1.29 is 13.2 Å². The van der Waals surface area contributed by atoms with Crippen LogP contribution in [0.1, 0.15) is 16.8 Å². The van der Waals surface area contributed by atoms with Crippen LogP contribution in [0.4, 0.5) is 11.4 Å². The molecule has 4 aromatic rings. The smallest absolute Gasteiger partial charge is 0.295 e. The molecule has 3 aromatic carbocycles. The van der Waals surface area contributed by atoms with Crippen LogP contribution >= 0.6 is 11.6 Å². The summed E-state index contributed by atoms with van der Waals surface area (Å²) in [5.41, 5.74) is 2.71. The third kappa shape index (κ3) is 5.19. The van der Waals surface area contributed by atoms with Gasteiger partial charge in [-0.3, -0.25) is 18.6 Å². The number of aromatic nitrogens is 2. The average Bonchev–Trinajstić information content (AvgIpc) is 3.08. The predicted octanol–water partition coefficient (Wildman–Crippen LogP) is 4.59. The lowest BCUT2D eigenvalue weighted by atomic mass is 10.2. The first-order chi connectivity index (χ1) is 17.5. The number of hydrogen-bond acceptors (Lipinski definition) is 4. The van der Waals surface area contributed by atoms with E-state index in [0.29, 0.717) is 16.4 Å². The molecule has 0 unspecified atom stereocenters. The molecule has 0 radical (unpaired) electrons. The molecule has 10 heteroatoms. The summed E-state index contributed by atoms with van der Waals surface area (Å²) in [4.78, 5) is 26.5. The molecule has 0 atom stereocenters. The van der Waals surface area contributed by atoms with Crippen LogP contribution in [-0.4, -0.2) is 30.2 Å². The van der Waals surface area contributed by atoms with Gasteiger partial charge in [-0.05, 0) is 62.7 Å². The van der Waals surface area contributed by atoms with Gasteiger partial charge in [0, 0.05) is 12.1 Å². The van der Waals surface area contributed by atoms with Crippen LogP contribution in [-0.2, 0) is 21.9 Å². The predicted molar refractivity (Wildman–Crippen MR) is 146 cm³/mol. The summed E-state index contributed by atoms with van der Waals surface area (Å²) < 4.78 is 31.3. The fourth-order valence-corrected chi connectivity index (χ4v) is 5.50. The second-order valence-corrected chi connectivity index (χ2v) is 11.0. The fraction of sp³-hybridized carbons (Fsp3) is 0.185. The van der Waals surface area contributed by atoms with Crippen molar-refractivity contribution in [3.63, 3.8) is 0 Å². The Bertz CT molecular complexity index is 1630. The number of carbonyl (C=O) groups is 1. The van der Waals surface area contributed by atoms with Gasteiger partial charge in [0.05, 0.1) is 22.0 Å². The maximum absolute atomic E-state index is 13.6. The van der Waals surface area contributed by atoms with Crippen LogP contribution in [0.2, 0.25) is 5.02 Å². The number of para-hydroxylation sites is 1. The van der Waals surface area contributed by atoms with Crippen molar-refractivity contribution in [3.05, 3.63) is 105 Å². The lowest BCUT2D eigenvalue weighted by molar-refractivity contribution is -0.114. The third-order valence-electron chi connectivity index (χ3n) is 6.16. The standard InChI is InChI=1S/C27H27ClN4O4S/c1-18-10-14-23(15-11-18)37(35,36)31(22-13-12-19(2)24(28)16-22)17-25(33)29-26-20(3)30(4)32(27(26)34)21-8-6-5-7-9-21/h5-16H,17H2,1-4H3,(H,29,33). The Balaban J connectivity index is 1.71. The molecular formula is C27H27ClN4O4S. The highest BCUT2D eigenvalue weighted by molar-refractivity contribution is 7.92. The van der Waals surface area contributed by atoms with E-state index in [0.717, 1.165) is 15.4 Å². The highest BCUT2D eigenvalue weighted by Gasteiger charge is 2.28. The van der Waals surface area contributed by atoms with Gasteiger partial charge in [-0.1, -0.05) is 53.6 Å². The Morgan fingerprint density at radius 2 is 1.62 bits per heavy atom. The minimum Gasteiger partial charge on any atom is -0.318 e. The van der Waals surface area contributed by atoms with E-state index < -0.39 is 28.0 Å². The molecule has 1 N–H and O–H groups in total. The number of anilines is 2. The van der Waals surface area contributed by atoms with Gasteiger partial charge in [-0.15, -0.1) is 0 Å². The number of hydrogen-bond donors (Lipinski definition) is 1. The molecule has 37 heavy (non-hydrogen) atoms. The second kappa shape index (κ2) is 10.3. The van der Waals surface area contributed by atoms with Gasteiger partial charge in [0.25, 0.3) is 15.6 Å². The number of halogens is 1. The maximum atomic E-state index is 13.6. The van der Waals surface area contributed by atoms with Crippen LogP contribution < -0.4 is 15.2 Å². The van der Waals surface area contributed by atoms with Crippen molar-refractivity contribution in [2.24, 2.45) is 7.05 Å². The van der Waals surface area contributed by atoms with Gasteiger partial charge < -0.3 is 5.32 Å². The second-order valence-electron chi connectivity index (χ2n) is 8.74. The van der Waals surface area contributed by atoms with E-state index in [1.165, 1.54) is 22.9 Å². The molecule has 0 saturated heterocycles. The molecule has 0 spiro atoms. The van der Waals surface area contributed by atoms with E-state index in [2.05, 4.69) is 5.32 Å².